The van der Waals surface area contributed by atoms with Gasteiger partial charge in [-0.2, -0.15) is 0 Å². The lowest BCUT2D eigenvalue weighted by atomic mass is 10.2. The van der Waals surface area contributed by atoms with Crippen LogP contribution < -0.4 is 29.1 Å². The smallest absolute Gasteiger partial charge is 0.240 e. The Labute approximate surface area is 204 Å². The van der Waals surface area contributed by atoms with Crippen molar-refractivity contribution in [1.29, 1.82) is 0 Å². The molecule has 2 N–H and O–H groups in total. The van der Waals surface area contributed by atoms with Crippen molar-refractivity contribution in [1.82, 2.24) is 4.72 Å². The number of carbonyl (C=O) groups excluding carboxylic acids is 2. The van der Waals surface area contributed by atoms with Gasteiger partial charge in [-0.15, -0.1) is 0 Å². The molecule has 0 atom stereocenters. The molecule has 2 aromatic carbocycles. The SMILES string of the molecule is COc1cc(NC(=O)CCNS(=O)(=O)c2ccc3c(c2)CCN3C(=O)C2CC2)cc(OC)c1OC. The summed E-state index contributed by atoms with van der Waals surface area (Å²) in [6.45, 7) is 0.491. The minimum absolute atomic E-state index is 0.0789. The van der Waals surface area contributed by atoms with Crippen molar-refractivity contribution in [3.05, 3.63) is 35.9 Å². The number of ether oxygens (including phenoxy) is 3. The van der Waals surface area contributed by atoms with Crippen LogP contribution in [0.5, 0.6) is 17.2 Å². The van der Waals surface area contributed by atoms with Gasteiger partial charge in [0.15, 0.2) is 11.5 Å². The molecule has 0 bridgehead atoms. The molecule has 1 aliphatic carbocycles. The van der Waals surface area contributed by atoms with Gasteiger partial charge in [0.2, 0.25) is 27.6 Å². The number of carbonyl (C=O) groups is 2. The van der Waals surface area contributed by atoms with E-state index in [1.807, 2.05) is 0 Å². The van der Waals surface area contributed by atoms with Gasteiger partial charge in [0.25, 0.3) is 0 Å². The van der Waals surface area contributed by atoms with Crippen molar-refractivity contribution in [3.8, 4) is 17.2 Å². The Morgan fingerprint density at radius 1 is 1.03 bits per heavy atom. The van der Waals surface area contributed by atoms with Crippen LogP contribution in [0.4, 0.5) is 11.4 Å². The molecule has 35 heavy (non-hydrogen) atoms. The number of benzene rings is 2. The molecule has 0 radical (unpaired) electrons. The molecule has 11 heteroatoms. The Hall–Kier alpha value is -3.31. The van der Waals surface area contributed by atoms with Crippen LogP contribution >= 0.6 is 0 Å². The minimum atomic E-state index is -3.81. The van der Waals surface area contributed by atoms with E-state index < -0.39 is 10.0 Å². The quantitative estimate of drug-likeness (QED) is 0.510. The van der Waals surface area contributed by atoms with Crippen LogP contribution in [0.25, 0.3) is 0 Å². The highest BCUT2D eigenvalue weighted by atomic mass is 32.2. The number of methoxy groups -OCH3 is 3. The standard InChI is InChI=1S/C24H29N3O7S/c1-32-20-13-17(14-21(33-2)23(20)34-3)26-22(28)8-10-25-35(30,31)18-6-7-19-16(12-18)9-11-27(19)24(29)15-4-5-15/h6-7,12-15,25H,4-5,8-11H2,1-3H3,(H,26,28). The van der Waals surface area contributed by atoms with E-state index in [2.05, 4.69) is 10.0 Å². The lowest BCUT2D eigenvalue weighted by Gasteiger charge is -2.17. The zero-order chi connectivity index (χ0) is 25.2. The van der Waals surface area contributed by atoms with E-state index in [0.717, 1.165) is 24.1 Å². The van der Waals surface area contributed by atoms with Crippen LogP contribution in [-0.2, 0) is 26.0 Å². The van der Waals surface area contributed by atoms with Crippen LogP contribution in [0.15, 0.2) is 35.2 Å². The molecule has 1 saturated carbocycles. The summed E-state index contributed by atoms with van der Waals surface area (Å²) < 4.78 is 43.8. The number of amides is 2. The summed E-state index contributed by atoms with van der Waals surface area (Å²) >= 11 is 0. The second-order valence-electron chi connectivity index (χ2n) is 8.41. The summed E-state index contributed by atoms with van der Waals surface area (Å²) in [7, 11) is 0.612. The maximum Gasteiger partial charge on any atom is 0.240 e. The first-order chi connectivity index (χ1) is 16.8. The lowest BCUT2D eigenvalue weighted by Crippen LogP contribution is -2.30. The molecule has 4 rings (SSSR count). The number of hydrogen-bond donors (Lipinski definition) is 2. The van der Waals surface area contributed by atoms with Gasteiger partial charge in [-0.05, 0) is 43.0 Å². The molecule has 0 saturated heterocycles. The van der Waals surface area contributed by atoms with Crippen LogP contribution in [0.2, 0.25) is 0 Å². The van der Waals surface area contributed by atoms with Crippen molar-refractivity contribution < 1.29 is 32.2 Å². The van der Waals surface area contributed by atoms with Gasteiger partial charge in [-0.1, -0.05) is 0 Å². The van der Waals surface area contributed by atoms with E-state index in [1.54, 1.807) is 29.2 Å². The fraction of sp³-hybridized carbons (Fsp3) is 0.417. The third-order valence-electron chi connectivity index (χ3n) is 6.04. The van der Waals surface area contributed by atoms with Crippen molar-refractivity contribution in [3.63, 3.8) is 0 Å². The molecule has 188 valence electrons. The minimum Gasteiger partial charge on any atom is -0.493 e. The first-order valence-electron chi connectivity index (χ1n) is 11.3. The molecule has 0 spiro atoms. The second kappa shape index (κ2) is 10.1. The molecule has 1 fully saturated rings. The van der Waals surface area contributed by atoms with Gasteiger partial charge in [0.1, 0.15) is 0 Å². The highest BCUT2D eigenvalue weighted by Gasteiger charge is 2.36. The monoisotopic (exact) mass is 503 g/mol. The van der Waals surface area contributed by atoms with Gasteiger partial charge < -0.3 is 24.4 Å². The molecule has 0 unspecified atom stereocenters. The third kappa shape index (κ3) is 5.35. The first-order valence-corrected chi connectivity index (χ1v) is 12.8. The third-order valence-corrected chi connectivity index (χ3v) is 7.50. The molecule has 1 heterocycles. The van der Waals surface area contributed by atoms with Crippen LogP contribution in [0, 0.1) is 5.92 Å². The van der Waals surface area contributed by atoms with Gasteiger partial charge in [-0.3, -0.25) is 9.59 Å². The van der Waals surface area contributed by atoms with Crippen molar-refractivity contribution in [2.45, 2.75) is 30.6 Å². The van der Waals surface area contributed by atoms with E-state index in [-0.39, 0.29) is 35.6 Å². The number of anilines is 2. The molecule has 2 aliphatic rings. The van der Waals surface area contributed by atoms with Gasteiger partial charge >= 0.3 is 0 Å². The zero-order valence-corrected chi connectivity index (χ0v) is 20.7. The number of rotatable bonds is 10. The number of nitrogens with one attached hydrogen (secondary N) is 2. The van der Waals surface area contributed by atoms with E-state index >= 15 is 0 Å². The van der Waals surface area contributed by atoms with E-state index in [0.29, 0.717) is 35.9 Å². The lowest BCUT2D eigenvalue weighted by molar-refractivity contribution is -0.119. The summed E-state index contributed by atoms with van der Waals surface area (Å²) in [4.78, 5) is 26.7. The van der Waals surface area contributed by atoms with Crippen molar-refractivity contribution in [2.24, 2.45) is 5.92 Å². The Bertz CT molecular complexity index is 1220. The van der Waals surface area contributed by atoms with Crippen LogP contribution in [0.3, 0.4) is 0 Å². The highest BCUT2D eigenvalue weighted by molar-refractivity contribution is 7.89. The number of sulfonamides is 1. The Balaban J connectivity index is 1.35. The zero-order valence-electron chi connectivity index (χ0n) is 19.9. The maximum absolute atomic E-state index is 12.8. The number of nitrogens with zero attached hydrogens (tertiary/aromatic N) is 1. The molecule has 1 aliphatic heterocycles. The summed E-state index contributed by atoms with van der Waals surface area (Å²) in [5.74, 6) is 1.02. The van der Waals surface area contributed by atoms with Crippen molar-refractivity contribution >= 4 is 33.2 Å². The second-order valence-corrected chi connectivity index (χ2v) is 10.2. The van der Waals surface area contributed by atoms with Crippen molar-refractivity contribution in [2.75, 3.05) is 44.6 Å². The molecular weight excluding hydrogens is 474 g/mol. The van der Waals surface area contributed by atoms with Crippen LogP contribution in [0.1, 0.15) is 24.8 Å². The number of fused-ring (bicyclic) bond motifs is 1. The maximum atomic E-state index is 12.8. The fourth-order valence-corrected chi connectivity index (χ4v) is 5.17. The van der Waals surface area contributed by atoms with Gasteiger partial charge in [-0.25, -0.2) is 13.1 Å². The molecular formula is C24H29N3O7S. The fourth-order valence-electron chi connectivity index (χ4n) is 4.08. The summed E-state index contributed by atoms with van der Waals surface area (Å²) in [5.41, 5.74) is 2.05. The topological polar surface area (TPSA) is 123 Å². The average molecular weight is 504 g/mol. The molecule has 0 aromatic heterocycles. The Morgan fingerprint density at radius 2 is 1.71 bits per heavy atom. The van der Waals surface area contributed by atoms with Gasteiger partial charge in [0, 0.05) is 48.9 Å². The molecule has 2 aromatic rings. The predicted molar refractivity (Wildman–Crippen MR) is 130 cm³/mol. The molecule has 2 amide bonds. The Morgan fingerprint density at radius 3 is 2.31 bits per heavy atom. The van der Waals surface area contributed by atoms with Crippen LogP contribution in [-0.4, -0.2) is 54.7 Å². The summed E-state index contributed by atoms with van der Waals surface area (Å²) in [6.07, 6.45) is 2.39. The van der Waals surface area contributed by atoms with E-state index in [4.69, 9.17) is 14.2 Å². The number of hydrogen-bond acceptors (Lipinski definition) is 7. The summed E-state index contributed by atoms with van der Waals surface area (Å²) in [5, 5.41) is 2.71. The van der Waals surface area contributed by atoms with E-state index in [1.165, 1.54) is 27.4 Å². The summed E-state index contributed by atoms with van der Waals surface area (Å²) in [6, 6.07) is 7.97. The molecule has 10 nitrogen and oxygen atoms in total. The average Bonchev–Trinajstić information content (AvgIpc) is 3.61. The predicted octanol–water partition coefficient (Wildman–Crippen LogP) is 2.32. The Kier molecular flexibility index (Phi) is 7.18. The highest BCUT2D eigenvalue weighted by Crippen LogP contribution is 2.40. The normalized spacial score (nSPS) is 14.9. The largest absolute Gasteiger partial charge is 0.493 e. The first kappa shape index (κ1) is 24.8. The van der Waals surface area contributed by atoms with Gasteiger partial charge in [0.05, 0.1) is 26.2 Å². The van der Waals surface area contributed by atoms with E-state index in [9.17, 15) is 18.0 Å².